The zero-order valence-corrected chi connectivity index (χ0v) is 9.66. The second kappa shape index (κ2) is 4.26. The summed E-state index contributed by atoms with van der Waals surface area (Å²) in [6.07, 6.45) is 0.943. The van der Waals surface area contributed by atoms with Crippen molar-refractivity contribution in [3.8, 4) is 5.75 Å². The zero-order valence-electron chi connectivity index (χ0n) is 9.66. The second-order valence-corrected chi connectivity index (χ2v) is 4.25. The van der Waals surface area contributed by atoms with Crippen LogP contribution in [0.5, 0.6) is 5.75 Å². The van der Waals surface area contributed by atoms with Gasteiger partial charge in [0.2, 0.25) is 0 Å². The molecule has 1 saturated heterocycles. The van der Waals surface area contributed by atoms with Crippen molar-refractivity contribution in [3.05, 3.63) is 29.8 Å². The van der Waals surface area contributed by atoms with Crippen LogP contribution in [0.25, 0.3) is 0 Å². The molecule has 0 aromatic heterocycles. The van der Waals surface area contributed by atoms with Gasteiger partial charge in [-0.1, -0.05) is 18.2 Å². The predicted octanol–water partition coefficient (Wildman–Crippen LogP) is 2.29. The lowest BCUT2D eigenvalue weighted by molar-refractivity contribution is -0.139. The second-order valence-electron chi connectivity index (χ2n) is 4.25. The lowest BCUT2D eigenvalue weighted by Gasteiger charge is -2.34. The first-order chi connectivity index (χ1) is 7.65. The van der Waals surface area contributed by atoms with Gasteiger partial charge in [-0.2, -0.15) is 0 Å². The van der Waals surface area contributed by atoms with Crippen LogP contribution < -0.4 is 4.74 Å². The normalized spacial score (nSPS) is 25.5. The molecule has 3 nitrogen and oxygen atoms in total. The molecule has 2 rings (SSSR count). The number of hydrogen-bond donors (Lipinski definition) is 0. The van der Waals surface area contributed by atoms with E-state index in [1.165, 1.54) is 0 Å². The predicted molar refractivity (Wildman–Crippen MR) is 60.5 cm³/mol. The Morgan fingerprint density at radius 2 is 2.12 bits per heavy atom. The molecule has 3 heteroatoms. The van der Waals surface area contributed by atoms with Crippen molar-refractivity contribution >= 4 is 5.78 Å². The van der Waals surface area contributed by atoms with E-state index in [-0.39, 0.29) is 5.78 Å². The number of carbonyl (C=O) groups excluding carboxylic acids is 1. The fraction of sp³-hybridized carbons (Fsp3) is 0.462. The Morgan fingerprint density at radius 3 is 2.81 bits per heavy atom. The van der Waals surface area contributed by atoms with E-state index in [2.05, 4.69) is 0 Å². The minimum absolute atomic E-state index is 0.250. The number of rotatable bonds is 2. The first-order valence-electron chi connectivity index (χ1n) is 5.45. The Balaban J connectivity index is 2.37. The number of Topliss-reactive ketones (excluding diaryl/α,β-unsaturated/α-hetero) is 1. The topological polar surface area (TPSA) is 35.5 Å². The maximum Gasteiger partial charge on any atom is 0.138 e. The van der Waals surface area contributed by atoms with Crippen molar-refractivity contribution in [2.45, 2.75) is 25.4 Å². The third-order valence-electron chi connectivity index (χ3n) is 3.01. The standard InChI is InChI=1S/C13H16O3/c1-13(9-10(14)7-8-16-13)11-5-3-4-6-12(11)15-2/h3-6H,7-9H2,1-2H3. The number of hydrogen-bond acceptors (Lipinski definition) is 3. The van der Waals surface area contributed by atoms with E-state index in [4.69, 9.17) is 9.47 Å². The highest BCUT2D eigenvalue weighted by atomic mass is 16.5. The van der Waals surface area contributed by atoms with Gasteiger partial charge in [0.05, 0.1) is 13.7 Å². The molecule has 1 aliphatic rings. The fourth-order valence-electron chi connectivity index (χ4n) is 2.16. The van der Waals surface area contributed by atoms with Crippen molar-refractivity contribution in [3.63, 3.8) is 0 Å². The first-order valence-corrected chi connectivity index (χ1v) is 5.45. The molecule has 1 aliphatic heterocycles. The monoisotopic (exact) mass is 220 g/mol. The Kier molecular flexibility index (Phi) is 2.97. The van der Waals surface area contributed by atoms with Gasteiger partial charge in [-0.25, -0.2) is 0 Å². The molecule has 1 aromatic carbocycles. The van der Waals surface area contributed by atoms with Gasteiger partial charge < -0.3 is 9.47 Å². The van der Waals surface area contributed by atoms with E-state index in [1.807, 2.05) is 31.2 Å². The molecule has 16 heavy (non-hydrogen) atoms. The average molecular weight is 220 g/mol. The van der Waals surface area contributed by atoms with Crippen molar-refractivity contribution in [2.24, 2.45) is 0 Å². The van der Waals surface area contributed by atoms with Crippen molar-refractivity contribution in [1.82, 2.24) is 0 Å². The van der Waals surface area contributed by atoms with Crippen LogP contribution in [0.1, 0.15) is 25.3 Å². The number of para-hydroxylation sites is 1. The van der Waals surface area contributed by atoms with Crippen molar-refractivity contribution in [1.29, 1.82) is 0 Å². The third-order valence-corrected chi connectivity index (χ3v) is 3.01. The molecule has 1 heterocycles. The van der Waals surface area contributed by atoms with Crippen LogP contribution >= 0.6 is 0 Å². The summed E-state index contributed by atoms with van der Waals surface area (Å²) in [7, 11) is 1.63. The van der Waals surface area contributed by atoms with Gasteiger partial charge in [0.1, 0.15) is 17.1 Å². The molecule has 0 saturated carbocycles. The van der Waals surface area contributed by atoms with E-state index in [1.54, 1.807) is 7.11 Å². The largest absolute Gasteiger partial charge is 0.496 e. The smallest absolute Gasteiger partial charge is 0.138 e. The molecule has 86 valence electrons. The highest BCUT2D eigenvalue weighted by Crippen LogP contribution is 2.38. The number of ketones is 1. The molecule has 0 radical (unpaired) electrons. The highest BCUT2D eigenvalue weighted by Gasteiger charge is 2.36. The van der Waals surface area contributed by atoms with Crippen LogP contribution in [0.4, 0.5) is 0 Å². The molecule has 1 unspecified atom stereocenters. The lowest BCUT2D eigenvalue weighted by atomic mass is 9.87. The van der Waals surface area contributed by atoms with Gasteiger partial charge in [0, 0.05) is 18.4 Å². The van der Waals surface area contributed by atoms with Gasteiger partial charge in [-0.3, -0.25) is 4.79 Å². The average Bonchev–Trinajstić information content (AvgIpc) is 2.29. The van der Waals surface area contributed by atoms with Crippen LogP contribution in [0.2, 0.25) is 0 Å². The van der Waals surface area contributed by atoms with Gasteiger partial charge >= 0.3 is 0 Å². The fourth-order valence-corrected chi connectivity index (χ4v) is 2.16. The number of carbonyl (C=O) groups is 1. The van der Waals surface area contributed by atoms with Crippen LogP contribution in [-0.2, 0) is 15.1 Å². The van der Waals surface area contributed by atoms with Crippen LogP contribution in [0, 0.1) is 0 Å². The Labute approximate surface area is 95.4 Å². The molecule has 0 spiro atoms. The van der Waals surface area contributed by atoms with Crippen molar-refractivity contribution < 1.29 is 14.3 Å². The Bertz CT molecular complexity index is 400. The van der Waals surface area contributed by atoms with E-state index in [0.717, 1.165) is 11.3 Å². The highest BCUT2D eigenvalue weighted by molar-refractivity contribution is 5.80. The summed E-state index contributed by atoms with van der Waals surface area (Å²) in [5.41, 5.74) is 0.410. The third kappa shape index (κ3) is 1.95. The summed E-state index contributed by atoms with van der Waals surface area (Å²) in [4.78, 5) is 11.5. The SMILES string of the molecule is COc1ccccc1C1(C)CC(=O)CCO1. The molecular formula is C13H16O3. The molecule has 0 N–H and O–H groups in total. The first kappa shape index (κ1) is 11.1. The summed E-state index contributed by atoms with van der Waals surface area (Å²) >= 11 is 0. The maximum absolute atomic E-state index is 11.5. The van der Waals surface area contributed by atoms with Crippen LogP contribution in [0.15, 0.2) is 24.3 Å². The van der Waals surface area contributed by atoms with E-state index < -0.39 is 5.60 Å². The maximum atomic E-state index is 11.5. The summed E-state index contributed by atoms with van der Waals surface area (Å²) in [6.45, 7) is 2.44. The van der Waals surface area contributed by atoms with Gasteiger partial charge in [-0.05, 0) is 13.0 Å². The summed E-state index contributed by atoms with van der Waals surface area (Å²) in [5, 5.41) is 0. The van der Waals surface area contributed by atoms with Gasteiger partial charge in [0.15, 0.2) is 0 Å². The summed E-state index contributed by atoms with van der Waals surface area (Å²) in [6, 6.07) is 7.70. The minimum Gasteiger partial charge on any atom is -0.496 e. The lowest BCUT2D eigenvalue weighted by Crippen LogP contribution is -2.35. The van der Waals surface area contributed by atoms with E-state index >= 15 is 0 Å². The minimum atomic E-state index is -0.540. The Hall–Kier alpha value is -1.35. The number of benzene rings is 1. The number of methoxy groups -OCH3 is 1. The molecule has 0 bridgehead atoms. The molecule has 0 amide bonds. The van der Waals surface area contributed by atoms with Gasteiger partial charge in [0.25, 0.3) is 0 Å². The van der Waals surface area contributed by atoms with E-state index in [9.17, 15) is 4.79 Å². The number of ether oxygens (including phenoxy) is 2. The molecule has 1 fully saturated rings. The quantitative estimate of drug-likeness (QED) is 0.767. The molecular weight excluding hydrogens is 204 g/mol. The summed E-state index contributed by atoms with van der Waals surface area (Å²) in [5.74, 6) is 1.03. The molecule has 0 aliphatic carbocycles. The van der Waals surface area contributed by atoms with Crippen molar-refractivity contribution in [2.75, 3.05) is 13.7 Å². The molecule has 1 aromatic rings. The van der Waals surface area contributed by atoms with Gasteiger partial charge in [-0.15, -0.1) is 0 Å². The van der Waals surface area contributed by atoms with Crippen LogP contribution in [0.3, 0.4) is 0 Å². The zero-order chi connectivity index (χ0) is 11.6. The summed E-state index contributed by atoms with van der Waals surface area (Å²) < 4.78 is 11.1. The molecule has 1 atom stereocenters. The van der Waals surface area contributed by atoms with E-state index in [0.29, 0.717) is 19.4 Å². The van der Waals surface area contributed by atoms with Crippen LogP contribution in [-0.4, -0.2) is 19.5 Å². The Morgan fingerprint density at radius 1 is 1.38 bits per heavy atom.